The highest BCUT2D eigenvalue weighted by molar-refractivity contribution is 5.89. The Kier molecular flexibility index (Phi) is 4.65. The second-order valence-corrected chi connectivity index (χ2v) is 4.79. The van der Waals surface area contributed by atoms with Gasteiger partial charge in [0, 0.05) is 10.9 Å². The van der Waals surface area contributed by atoms with Crippen molar-refractivity contribution in [3.63, 3.8) is 0 Å². The molecule has 0 saturated carbocycles. The molecule has 0 aliphatic rings. The molecule has 1 heterocycles. The van der Waals surface area contributed by atoms with Gasteiger partial charge in [0.25, 0.3) is 0 Å². The van der Waals surface area contributed by atoms with Crippen molar-refractivity contribution in [3.05, 3.63) is 59.7 Å². The summed E-state index contributed by atoms with van der Waals surface area (Å²) in [7, 11) is 1.62. The minimum absolute atomic E-state index is 0. The maximum absolute atomic E-state index is 9.55. The van der Waals surface area contributed by atoms with E-state index < -0.39 is 0 Å². The van der Waals surface area contributed by atoms with Crippen molar-refractivity contribution in [3.8, 4) is 23.1 Å². The SMILES string of the molecule is COc1ccccc1-c1nc2ccccc2c(C)c1C#N.Cl. The summed E-state index contributed by atoms with van der Waals surface area (Å²) < 4.78 is 5.40. The lowest BCUT2D eigenvalue weighted by molar-refractivity contribution is 0.416. The van der Waals surface area contributed by atoms with Crippen LogP contribution in [0.5, 0.6) is 5.75 Å². The molecule has 3 aromatic rings. The fourth-order valence-corrected chi connectivity index (χ4v) is 2.55. The number of nitriles is 1. The van der Waals surface area contributed by atoms with Crippen LogP contribution in [-0.2, 0) is 0 Å². The van der Waals surface area contributed by atoms with E-state index in [0.29, 0.717) is 11.3 Å². The van der Waals surface area contributed by atoms with E-state index in [4.69, 9.17) is 4.74 Å². The summed E-state index contributed by atoms with van der Waals surface area (Å²) in [6.45, 7) is 1.96. The van der Waals surface area contributed by atoms with Gasteiger partial charge < -0.3 is 4.74 Å². The first-order chi connectivity index (χ1) is 10.3. The van der Waals surface area contributed by atoms with E-state index in [-0.39, 0.29) is 12.4 Å². The molecule has 0 N–H and O–H groups in total. The maximum Gasteiger partial charge on any atom is 0.128 e. The van der Waals surface area contributed by atoms with Crippen LogP contribution in [0, 0.1) is 18.3 Å². The molecule has 0 aliphatic carbocycles. The van der Waals surface area contributed by atoms with Crippen LogP contribution in [0.15, 0.2) is 48.5 Å². The van der Waals surface area contributed by atoms with Crippen LogP contribution >= 0.6 is 12.4 Å². The minimum atomic E-state index is 0. The zero-order valence-electron chi connectivity index (χ0n) is 12.3. The Labute approximate surface area is 135 Å². The van der Waals surface area contributed by atoms with E-state index in [0.717, 1.165) is 27.8 Å². The molecule has 0 aliphatic heterocycles. The molecule has 0 amide bonds. The van der Waals surface area contributed by atoms with Crippen molar-refractivity contribution in [2.75, 3.05) is 7.11 Å². The molecule has 1 aromatic heterocycles. The first-order valence-corrected chi connectivity index (χ1v) is 6.69. The van der Waals surface area contributed by atoms with E-state index in [1.807, 2.05) is 55.5 Å². The van der Waals surface area contributed by atoms with Gasteiger partial charge >= 0.3 is 0 Å². The van der Waals surface area contributed by atoms with Crippen LogP contribution in [0.3, 0.4) is 0 Å². The smallest absolute Gasteiger partial charge is 0.128 e. The molecule has 0 radical (unpaired) electrons. The van der Waals surface area contributed by atoms with Crippen LogP contribution in [0.4, 0.5) is 0 Å². The Morgan fingerprint density at radius 3 is 2.45 bits per heavy atom. The van der Waals surface area contributed by atoms with Gasteiger partial charge in [0.15, 0.2) is 0 Å². The predicted octanol–water partition coefficient (Wildman–Crippen LogP) is 4.51. The molecule has 0 saturated heterocycles. The van der Waals surface area contributed by atoms with Gasteiger partial charge in [-0.05, 0) is 30.7 Å². The number of benzene rings is 2. The number of hydrogen-bond donors (Lipinski definition) is 0. The van der Waals surface area contributed by atoms with Gasteiger partial charge in [-0.25, -0.2) is 4.98 Å². The second-order valence-electron chi connectivity index (χ2n) is 4.79. The number of aryl methyl sites for hydroxylation is 1. The van der Waals surface area contributed by atoms with Gasteiger partial charge in [-0.3, -0.25) is 0 Å². The Morgan fingerprint density at radius 2 is 1.73 bits per heavy atom. The van der Waals surface area contributed by atoms with E-state index in [2.05, 4.69) is 11.1 Å². The van der Waals surface area contributed by atoms with Crippen LogP contribution in [-0.4, -0.2) is 12.1 Å². The molecule has 0 spiro atoms. The van der Waals surface area contributed by atoms with Gasteiger partial charge in [-0.1, -0.05) is 30.3 Å². The van der Waals surface area contributed by atoms with E-state index in [1.165, 1.54) is 0 Å². The molecule has 2 aromatic carbocycles. The standard InChI is InChI=1S/C18H14N2O.ClH/c1-12-13-7-3-5-9-16(13)20-18(15(12)11-19)14-8-4-6-10-17(14)21-2;/h3-10H,1-2H3;1H. The Morgan fingerprint density at radius 1 is 1.05 bits per heavy atom. The molecular weight excluding hydrogens is 296 g/mol. The van der Waals surface area contributed by atoms with Crippen LogP contribution < -0.4 is 4.74 Å². The van der Waals surface area contributed by atoms with Crippen LogP contribution in [0.1, 0.15) is 11.1 Å². The van der Waals surface area contributed by atoms with E-state index in [9.17, 15) is 5.26 Å². The number of pyridine rings is 1. The molecule has 110 valence electrons. The fraction of sp³-hybridized carbons (Fsp3) is 0.111. The molecule has 0 unspecified atom stereocenters. The molecule has 22 heavy (non-hydrogen) atoms. The summed E-state index contributed by atoms with van der Waals surface area (Å²) >= 11 is 0. The van der Waals surface area contributed by atoms with Crippen molar-refractivity contribution in [2.24, 2.45) is 0 Å². The summed E-state index contributed by atoms with van der Waals surface area (Å²) in [6, 6.07) is 17.8. The molecule has 3 nitrogen and oxygen atoms in total. The van der Waals surface area contributed by atoms with Crippen LogP contribution in [0.25, 0.3) is 22.2 Å². The zero-order valence-corrected chi connectivity index (χ0v) is 13.1. The lowest BCUT2D eigenvalue weighted by Crippen LogP contribution is -1.97. The van der Waals surface area contributed by atoms with E-state index in [1.54, 1.807) is 7.11 Å². The first kappa shape index (κ1) is 15.8. The topological polar surface area (TPSA) is 45.9 Å². The van der Waals surface area contributed by atoms with Crippen LogP contribution in [0.2, 0.25) is 0 Å². The van der Waals surface area contributed by atoms with Gasteiger partial charge in [0.1, 0.15) is 11.8 Å². The second kappa shape index (κ2) is 6.46. The van der Waals surface area contributed by atoms with Crippen molar-refractivity contribution in [1.82, 2.24) is 4.98 Å². The van der Waals surface area contributed by atoms with Crippen molar-refractivity contribution < 1.29 is 4.74 Å². The lowest BCUT2D eigenvalue weighted by atomic mass is 9.98. The summed E-state index contributed by atoms with van der Waals surface area (Å²) in [5, 5.41) is 10.6. The summed E-state index contributed by atoms with van der Waals surface area (Å²) in [4.78, 5) is 4.68. The number of rotatable bonds is 2. The number of hydrogen-bond acceptors (Lipinski definition) is 3. The monoisotopic (exact) mass is 310 g/mol. The first-order valence-electron chi connectivity index (χ1n) is 6.69. The number of para-hydroxylation sites is 2. The molecule has 0 bridgehead atoms. The zero-order chi connectivity index (χ0) is 14.8. The predicted molar refractivity (Wildman–Crippen MR) is 90.4 cm³/mol. The highest BCUT2D eigenvalue weighted by Crippen LogP contribution is 2.34. The Bertz CT molecular complexity index is 869. The third-order valence-corrected chi connectivity index (χ3v) is 3.63. The third-order valence-electron chi connectivity index (χ3n) is 3.63. The maximum atomic E-state index is 9.55. The summed E-state index contributed by atoms with van der Waals surface area (Å²) in [5.41, 5.74) is 3.94. The fourth-order valence-electron chi connectivity index (χ4n) is 2.55. The number of methoxy groups -OCH3 is 1. The average Bonchev–Trinajstić information content (AvgIpc) is 2.54. The number of nitrogens with zero attached hydrogens (tertiary/aromatic N) is 2. The highest BCUT2D eigenvalue weighted by Gasteiger charge is 2.16. The minimum Gasteiger partial charge on any atom is -0.496 e. The van der Waals surface area contributed by atoms with Gasteiger partial charge in [-0.2, -0.15) is 5.26 Å². The normalized spacial score (nSPS) is 9.86. The lowest BCUT2D eigenvalue weighted by Gasteiger charge is -2.12. The quantitative estimate of drug-likeness (QED) is 0.699. The van der Waals surface area contributed by atoms with Gasteiger partial charge in [0.2, 0.25) is 0 Å². The Balaban J connectivity index is 0.00000176. The van der Waals surface area contributed by atoms with Gasteiger partial charge in [0.05, 0.1) is 23.9 Å². The molecule has 3 rings (SSSR count). The average molecular weight is 311 g/mol. The molecule has 4 heteroatoms. The highest BCUT2D eigenvalue weighted by atomic mass is 35.5. The van der Waals surface area contributed by atoms with E-state index >= 15 is 0 Å². The number of fused-ring (bicyclic) bond motifs is 1. The summed E-state index contributed by atoms with van der Waals surface area (Å²) in [6.07, 6.45) is 0. The molecular formula is C18H15ClN2O. The number of halogens is 1. The van der Waals surface area contributed by atoms with Crippen molar-refractivity contribution in [2.45, 2.75) is 6.92 Å². The third kappa shape index (κ3) is 2.49. The molecule has 0 atom stereocenters. The summed E-state index contributed by atoms with van der Waals surface area (Å²) in [5.74, 6) is 0.719. The molecule has 0 fully saturated rings. The Hall–Kier alpha value is -2.57. The number of aromatic nitrogens is 1. The van der Waals surface area contributed by atoms with Gasteiger partial charge in [-0.15, -0.1) is 12.4 Å². The number of ether oxygens (including phenoxy) is 1. The largest absolute Gasteiger partial charge is 0.496 e. The van der Waals surface area contributed by atoms with Crippen molar-refractivity contribution >= 4 is 23.3 Å². The van der Waals surface area contributed by atoms with Crippen molar-refractivity contribution in [1.29, 1.82) is 5.26 Å².